The van der Waals surface area contributed by atoms with Crippen molar-refractivity contribution in [1.29, 1.82) is 0 Å². The molecule has 0 spiro atoms. The predicted octanol–water partition coefficient (Wildman–Crippen LogP) is 4.25. The zero-order valence-electron chi connectivity index (χ0n) is 17.6. The van der Waals surface area contributed by atoms with Crippen LogP contribution >= 0.6 is 0 Å². The van der Waals surface area contributed by atoms with Crippen molar-refractivity contribution in [2.24, 2.45) is 0 Å². The molecule has 0 unspecified atom stereocenters. The Balaban J connectivity index is 1.31. The Labute approximate surface area is 179 Å². The largest absolute Gasteiger partial charge is 0.369 e. The van der Waals surface area contributed by atoms with Crippen LogP contribution in [0.1, 0.15) is 27.0 Å². The molecule has 1 heterocycles. The number of aryl methyl sites for hydroxylation is 1. The number of amides is 1. The maximum atomic E-state index is 12.6. The van der Waals surface area contributed by atoms with Crippen molar-refractivity contribution in [3.05, 3.63) is 101 Å². The molecule has 0 aliphatic carbocycles. The van der Waals surface area contributed by atoms with Gasteiger partial charge < -0.3 is 10.2 Å². The van der Waals surface area contributed by atoms with Crippen LogP contribution in [0.3, 0.4) is 0 Å². The number of benzene rings is 3. The molecular weight excluding hydrogens is 370 g/mol. The smallest absolute Gasteiger partial charge is 0.251 e. The highest BCUT2D eigenvalue weighted by atomic mass is 16.1. The molecule has 4 heteroatoms. The summed E-state index contributed by atoms with van der Waals surface area (Å²) in [4.78, 5) is 17.5. The van der Waals surface area contributed by atoms with Crippen LogP contribution in [-0.2, 0) is 13.1 Å². The highest BCUT2D eigenvalue weighted by molar-refractivity contribution is 5.94. The van der Waals surface area contributed by atoms with Crippen LogP contribution in [0.2, 0.25) is 0 Å². The zero-order valence-corrected chi connectivity index (χ0v) is 17.6. The minimum absolute atomic E-state index is 0.0211. The molecule has 0 saturated carbocycles. The topological polar surface area (TPSA) is 35.6 Å². The molecule has 1 saturated heterocycles. The first-order valence-electron chi connectivity index (χ1n) is 10.6. The normalized spacial score (nSPS) is 14.5. The number of hydrogen-bond donors (Lipinski definition) is 1. The minimum Gasteiger partial charge on any atom is -0.369 e. The van der Waals surface area contributed by atoms with Crippen molar-refractivity contribution in [2.75, 3.05) is 31.1 Å². The third kappa shape index (κ3) is 5.28. The summed E-state index contributed by atoms with van der Waals surface area (Å²) in [6.07, 6.45) is 0. The highest BCUT2D eigenvalue weighted by Gasteiger charge is 2.17. The van der Waals surface area contributed by atoms with E-state index in [-0.39, 0.29) is 5.91 Å². The van der Waals surface area contributed by atoms with E-state index >= 15 is 0 Å². The molecule has 3 aromatic rings. The van der Waals surface area contributed by atoms with Crippen molar-refractivity contribution < 1.29 is 4.79 Å². The predicted molar refractivity (Wildman–Crippen MR) is 123 cm³/mol. The summed E-state index contributed by atoms with van der Waals surface area (Å²) >= 11 is 0. The molecule has 3 aromatic carbocycles. The standard InChI is InChI=1S/C26H29N3O/c1-21-7-5-8-22(17-21)19-27-26(30)24-10-6-9-23(18-24)20-28-13-15-29(16-14-28)25-11-3-2-4-12-25/h2-12,17-18H,13-16,19-20H2,1H3,(H,27,30). The Morgan fingerprint density at radius 2 is 1.57 bits per heavy atom. The fraction of sp³-hybridized carbons (Fsp3) is 0.269. The van der Waals surface area contributed by atoms with Crippen molar-refractivity contribution >= 4 is 11.6 Å². The summed E-state index contributed by atoms with van der Waals surface area (Å²) in [7, 11) is 0. The Morgan fingerprint density at radius 3 is 2.33 bits per heavy atom. The highest BCUT2D eigenvalue weighted by Crippen LogP contribution is 2.17. The second kappa shape index (κ2) is 9.59. The van der Waals surface area contributed by atoms with Gasteiger partial charge in [-0.25, -0.2) is 0 Å². The quantitative estimate of drug-likeness (QED) is 0.673. The lowest BCUT2D eigenvalue weighted by atomic mass is 10.1. The van der Waals surface area contributed by atoms with Crippen LogP contribution < -0.4 is 10.2 Å². The maximum absolute atomic E-state index is 12.6. The monoisotopic (exact) mass is 399 g/mol. The maximum Gasteiger partial charge on any atom is 0.251 e. The third-order valence-electron chi connectivity index (χ3n) is 5.62. The summed E-state index contributed by atoms with van der Waals surface area (Å²) < 4.78 is 0. The van der Waals surface area contributed by atoms with Gasteiger partial charge >= 0.3 is 0 Å². The van der Waals surface area contributed by atoms with E-state index in [9.17, 15) is 4.79 Å². The number of para-hydroxylation sites is 1. The number of nitrogens with zero attached hydrogens (tertiary/aromatic N) is 2. The van der Waals surface area contributed by atoms with Gasteiger partial charge in [0, 0.05) is 50.5 Å². The van der Waals surface area contributed by atoms with Gasteiger partial charge in [0.25, 0.3) is 5.91 Å². The van der Waals surface area contributed by atoms with E-state index in [4.69, 9.17) is 0 Å². The van der Waals surface area contributed by atoms with Gasteiger partial charge in [-0.15, -0.1) is 0 Å². The molecule has 0 radical (unpaired) electrons. The number of carbonyl (C=O) groups is 1. The molecule has 1 N–H and O–H groups in total. The number of piperazine rings is 1. The Hall–Kier alpha value is -3.11. The van der Waals surface area contributed by atoms with Crippen LogP contribution in [0.5, 0.6) is 0 Å². The van der Waals surface area contributed by atoms with Gasteiger partial charge in [-0.1, -0.05) is 60.2 Å². The molecule has 1 aliphatic rings. The molecule has 0 aromatic heterocycles. The Bertz CT molecular complexity index is 978. The molecule has 0 bridgehead atoms. The lowest BCUT2D eigenvalue weighted by Gasteiger charge is -2.36. The number of anilines is 1. The van der Waals surface area contributed by atoms with Gasteiger partial charge in [-0.3, -0.25) is 9.69 Å². The van der Waals surface area contributed by atoms with Gasteiger partial charge in [0.15, 0.2) is 0 Å². The fourth-order valence-corrected chi connectivity index (χ4v) is 3.98. The van der Waals surface area contributed by atoms with Gasteiger partial charge in [0.2, 0.25) is 0 Å². The number of hydrogen-bond acceptors (Lipinski definition) is 3. The number of nitrogens with one attached hydrogen (secondary N) is 1. The first-order chi connectivity index (χ1) is 14.7. The first-order valence-corrected chi connectivity index (χ1v) is 10.6. The SMILES string of the molecule is Cc1cccc(CNC(=O)c2cccc(CN3CCN(c4ccccc4)CC3)c2)c1. The van der Waals surface area contributed by atoms with Crippen LogP contribution in [0.15, 0.2) is 78.9 Å². The van der Waals surface area contributed by atoms with E-state index in [1.165, 1.54) is 16.8 Å². The summed E-state index contributed by atoms with van der Waals surface area (Å²) in [5.41, 5.74) is 5.53. The van der Waals surface area contributed by atoms with Crippen LogP contribution in [0.25, 0.3) is 0 Å². The van der Waals surface area contributed by atoms with E-state index in [1.807, 2.05) is 30.3 Å². The van der Waals surface area contributed by atoms with Crippen LogP contribution in [0.4, 0.5) is 5.69 Å². The van der Waals surface area contributed by atoms with Crippen molar-refractivity contribution in [3.8, 4) is 0 Å². The van der Waals surface area contributed by atoms with Gasteiger partial charge in [-0.2, -0.15) is 0 Å². The second-order valence-electron chi connectivity index (χ2n) is 7.97. The van der Waals surface area contributed by atoms with Gasteiger partial charge in [-0.05, 0) is 42.3 Å². The second-order valence-corrected chi connectivity index (χ2v) is 7.97. The average molecular weight is 400 g/mol. The minimum atomic E-state index is -0.0211. The van der Waals surface area contributed by atoms with E-state index in [1.54, 1.807) is 0 Å². The molecule has 1 amide bonds. The molecule has 1 fully saturated rings. The molecule has 154 valence electrons. The summed E-state index contributed by atoms with van der Waals surface area (Å²) in [6, 6.07) is 26.8. The molecule has 4 nitrogen and oxygen atoms in total. The Morgan fingerprint density at radius 1 is 0.833 bits per heavy atom. The molecule has 4 rings (SSSR count). The van der Waals surface area contributed by atoms with Crippen LogP contribution in [-0.4, -0.2) is 37.0 Å². The summed E-state index contributed by atoms with van der Waals surface area (Å²) in [5.74, 6) is -0.0211. The summed E-state index contributed by atoms with van der Waals surface area (Å²) in [6.45, 7) is 7.60. The summed E-state index contributed by atoms with van der Waals surface area (Å²) in [5, 5.41) is 3.04. The first kappa shape index (κ1) is 20.2. The lowest BCUT2D eigenvalue weighted by Crippen LogP contribution is -2.45. The molecule has 1 aliphatic heterocycles. The van der Waals surface area contributed by atoms with E-state index < -0.39 is 0 Å². The van der Waals surface area contributed by atoms with Crippen molar-refractivity contribution in [2.45, 2.75) is 20.0 Å². The van der Waals surface area contributed by atoms with Crippen molar-refractivity contribution in [1.82, 2.24) is 10.2 Å². The van der Waals surface area contributed by atoms with Crippen LogP contribution in [0, 0.1) is 6.92 Å². The van der Waals surface area contributed by atoms with Crippen molar-refractivity contribution in [3.63, 3.8) is 0 Å². The molecule has 30 heavy (non-hydrogen) atoms. The van der Waals surface area contributed by atoms with E-state index in [0.717, 1.165) is 43.9 Å². The average Bonchev–Trinajstić information content (AvgIpc) is 2.79. The lowest BCUT2D eigenvalue weighted by molar-refractivity contribution is 0.0950. The van der Waals surface area contributed by atoms with E-state index in [0.29, 0.717) is 6.54 Å². The number of carbonyl (C=O) groups excluding carboxylic acids is 1. The third-order valence-corrected chi connectivity index (χ3v) is 5.62. The molecule has 0 atom stereocenters. The zero-order chi connectivity index (χ0) is 20.8. The van der Waals surface area contributed by atoms with Gasteiger partial charge in [0.05, 0.1) is 0 Å². The fourth-order valence-electron chi connectivity index (χ4n) is 3.98. The van der Waals surface area contributed by atoms with E-state index in [2.05, 4.69) is 70.6 Å². The Kier molecular flexibility index (Phi) is 6.45. The van der Waals surface area contributed by atoms with Gasteiger partial charge in [0.1, 0.15) is 0 Å². The number of rotatable bonds is 6. The molecular formula is C26H29N3O.